The average molecular weight is 271 g/mol. The highest BCUT2D eigenvalue weighted by molar-refractivity contribution is 6.32. The number of anilines is 1. The van der Waals surface area contributed by atoms with Crippen LogP contribution in [0.3, 0.4) is 0 Å². The van der Waals surface area contributed by atoms with Gasteiger partial charge in [0.05, 0.1) is 5.69 Å². The van der Waals surface area contributed by atoms with Crippen LogP contribution in [0.2, 0.25) is 5.15 Å². The highest BCUT2D eigenvalue weighted by Crippen LogP contribution is 2.20. The van der Waals surface area contributed by atoms with Crippen LogP contribution in [0.1, 0.15) is 25.3 Å². The molecule has 1 aromatic rings. The van der Waals surface area contributed by atoms with Crippen LogP contribution >= 0.6 is 11.6 Å². The van der Waals surface area contributed by atoms with E-state index >= 15 is 0 Å². The summed E-state index contributed by atoms with van der Waals surface area (Å²) in [5.74, 6) is -1.40. The first kappa shape index (κ1) is 14.4. The van der Waals surface area contributed by atoms with Gasteiger partial charge in [0.1, 0.15) is 0 Å². The number of carbonyl (C=O) groups excluding carboxylic acids is 1. The molecule has 0 spiro atoms. The number of hydrogen-bond donors (Lipinski definition) is 2. The number of nitrogens with one attached hydrogen (secondary N) is 1. The number of carbonyl (C=O) groups is 2. The maximum atomic E-state index is 11.7. The van der Waals surface area contributed by atoms with E-state index in [1.165, 1.54) is 0 Å². The summed E-state index contributed by atoms with van der Waals surface area (Å²) in [6, 6.07) is 1.72. The van der Waals surface area contributed by atoms with Crippen molar-refractivity contribution in [3.8, 4) is 0 Å². The Morgan fingerprint density at radius 1 is 1.50 bits per heavy atom. The van der Waals surface area contributed by atoms with Gasteiger partial charge in [0.15, 0.2) is 5.15 Å². The van der Waals surface area contributed by atoms with Gasteiger partial charge in [0.2, 0.25) is 5.91 Å². The molecule has 0 saturated heterocycles. The van der Waals surface area contributed by atoms with Crippen molar-refractivity contribution in [2.24, 2.45) is 5.92 Å². The summed E-state index contributed by atoms with van der Waals surface area (Å²) >= 11 is 5.84. The SMILES string of the molecule is Cc1cnc(Cl)c(NC(=O)CC(C)CC(=O)O)c1. The monoisotopic (exact) mass is 270 g/mol. The molecule has 0 aromatic carbocycles. The smallest absolute Gasteiger partial charge is 0.303 e. The summed E-state index contributed by atoms with van der Waals surface area (Å²) in [6.45, 7) is 3.55. The highest BCUT2D eigenvalue weighted by Gasteiger charge is 2.14. The van der Waals surface area contributed by atoms with Gasteiger partial charge in [0, 0.05) is 19.0 Å². The lowest BCUT2D eigenvalue weighted by atomic mass is 10.0. The zero-order valence-electron chi connectivity index (χ0n) is 10.2. The van der Waals surface area contributed by atoms with E-state index in [1.807, 2.05) is 6.92 Å². The molecular weight excluding hydrogens is 256 g/mol. The summed E-state index contributed by atoms with van der Waals surface area (Å²) in [5.41, 5.74) is 1.33. The van der Waals surface area contributed by atoms with Crippen LogP contribution in [0.5, 0.6) is 0 Å². The number of rotatable bonds is 5. The molecule has 0 radical (unpaired) electrons. The fraction of sp³-hybridized carbons (Fsp3) is 0.417. The molecule has 5 nitrogen and oxygen atoms in total. The van der Waals surface area contributed by atoms with E-state index < -0.39 is 5.97 Å². The van der Waals surface area contributed by atoms with Gasteiger partial charge in [-0.1, -0.05) is 18.5 Å². The first-order chi connectivity index (χ1) is 8.38. The standard InChI is InChI=1S/C12H15ClN2O3/c1-7(5-11(17)18)4-10(16)15-9-3-8(2)6-14-12(9)13/h3,6-7H,4-5H2,1-2H3,(H,15,16)(H,17,18). The highest BCUT2D eigenvalue weighted by atomic mass is 35.5. The Morgan fingerprint density at radius 2 is 2.17 bits per heavy atom. The third kappa shape index (κ3) is 4.71. The lowest BCUT2D eigenvalue weighted by Crippen LogP contribution is -2.17. The Kier molecular flexibility index (Phi) is 5.09. The molecule has 1 aromatic heterocycles. The van der Waals surface area contributed by atoms with Crippen LogP contribution in [-0.4, -0.2) is 22.0 Å². The van der Waals surface area contributed by atoms with E-state index in [0.29, 0.717) is 5.69 Å². The molecule has 0 aliphatic carbocycles. The molecule has 1 amide bonds. The maximum absolute atomic E-state index is 11.7. The van der Waals surface area contributed by atoms with Crippen molar-refractivity contribution >= 4 is 29.2 Å². The second kappa shape index (κ2) is 6.35. The van der Waals surface area contributed by atoms with Gasteiger partial charge in [-0.25, -0.2) is 4.98 Å². The van der Waals surface area contributed by atoms with Gasteiger partial charge in [-0.05, 0) is 24.5 Å². The van der Waals surface area contributed by atoms with Crippen LogP contribution in [0, 0.1) is 12.8 Å². The van der Waals surface area contributed by atoms with E-state index in [1.54, 1.807) is 19.2 Å². The van der Waals surface area contributed by atoms with Crippen LogP contribution < -0.4 is 5.32 Å². The molecule has 2 N–H and O–H groups in total. The number of nitrogens with zero attached hydrogens (tertiary/aromatic N) is 1. The zero-order valence-corrected chi connectivity index (χ0v) is 11.0. The van der Waals surface area contributed by atoms with Gasteiger partial charge in [0.25, 0.3) is 0 Å². The van der Waals surface area contributed by atoms with E-state index in [9.17, 15) is 9.59 Å². The van der Waals surface area contributed by atoms with Crippen molar-refractivity contribution in [1.29, 1.82) is 0 Å². The van der Waals surface area contributed by atoms with Crippen LogP contribution in [0.25, 0.3) is 0 Å². The summed E-state index contributed by atoms with van der Waals surface area (Å²) in [7, 11) is 0. The molecule has 1 unspecified atom stereocenters. The molecule has 0 bridgehead atoms. The molecule has 0 saturated carbocycles. The number of halogens is 1. The largest absolute Gasteiger partial charge is 0.481 e. The quantitative estimate of drug-likeness (QED) is 0.806. The number of aromatic nitrogens is 1. The first-order valence-electron chi connectivity index (χ1n) is 5.52. The number of aryl methyl sites for hydroxylation is 1. The van der Waals surface area contributed by atoms with E-state index in [-0.39, 0.29) is 29.8 Å². The summed E-state index contributed by atoms with van der Waals surface area (Å²) < 4.78 is 0. The predicted octanol–water partition coefficient (Wildman–Crippen LogP) is 2.48. The Hall–Kier alpha value is -1.62. The molecule has 1 rings (SSSR count). The van der Waals surface area contributed by atoms with Crippen LogP contribution in [0.4, 0.5) is 5.69 Å². The number of amides is 1. The fourth-order valence-corrected chi connectivity index (χ4v) is 1.68. The van der Waals surface area contributed by atoms with Gasteiger partial charge in [-0.15, -0.1) is 0 Å². The van der Waals surface area contributed by atoms with Gasteiger partial charge in [-0.2, -0.15) is 0 Å². The fourth-order valence-electron chi connectivity index (χ4n) is 1.53. The minimum Gasteiger partial charge on any atom is -0.481 e. The van der Waals surface area contributed by atoms with Gasteiger partial charge >= 0.3 is 5.97 Å². The Morgan fingerprint density at radius 3 is 2.78 bits per heavy atom. The molecule has 18 heavy (non-hydrogen) atoms. The normalized spacial score (nSPS) is 11.9. The summed E-state index contributed by atoms with van der Waals surface area (Å²) in [5, 5.41) is 11.5. The summed E-state index contributed by atoms with van der Waals surface area (Å²) in [4.78, 5) is 26.1. The minimum absolute atomic E-state index is 0.0345. The lowest BCUT2D eigenvalue weighted by Gasteiger charge is -2.10. The van der Waals surface area contributed by atoms with Crippen LogP contribution in [0.15, 0.2) is 12.3 Å². The van der Waals surface area contributed by atoms with Gasteiger partial charge in [-0.3, -0.25) is 9.59 Å². The molecule has 98 valence electrons. The van der Waals surface area contributed by atoms with E-state index in [4.69, 9.17) is 16.7 Å². The molecule has 1 atom stereocenters. The van der Waals surface area contributed by atoms with E-state index in [2.05, 4.69) is 10.3 Å². The van der Waals surface area contributed by atoms with E-state index in [0.717, 1.165) is 5.56 Å². The third-order valence-electron chi connectivity index (χ3n) is 2.31. The van der Waals surface area contributed by atoms with Crippen molar-refractivity contribution in [3.63, 3.8) is 0 Å². The first-order valence-corrected chi connectivity index (χ1v) is 5.90. The number of carboxylic acid groups (broad SMARTS) is 1. The number of pyridine rings is 1. The second-order valence-corrected chi connectivity index (χ2v) is 4.66. The molecule has 0 fully saturated rings. The van der Waals surface area contributed by atoms with Crippen molar-refractivity contribution in [2.45, 2.75) is 26.7 Å². The molecular formula is C12H15ClN2O3. The Labute approximate surface area is 110 Å². The second-order valence-electron chi connectivity index (χ2n) is 4.31. The van der Waals surface area contributed by atoms with Crippen molar-refractivity contribution in [3.05, 3.63) is 23.0 Å². The summed E-state index contributed by atoms with van der Waals surface area (Å²) in [6.07, 6.45) is 1.70. The lowest BCUT2D eigenvalue weighted by molar-refractivity contribution is -0.138. The van der Waals surface area contributed by atoms with Crippen molar-refractivity contribution < 1.29 is 14.7 Å². The number of hydrogen-bond acceptors (Lipinski definition) is 3. The maximum Gasteiger partial charge on any atom is 0.303 e. The van der Waals surface area contributed by atoms with Crippen molar-refractivity contribution in [2.75, 3.05) is 5.32 Å². The Bertz CT molecular complexity index is 463. The van der Waals surface area contributed by atoms with Gasteiger partial charge < -0.3 is 10.4 Å². The van der Waals surface area contributed by atoms with Crippen molar-refractivity contribution in [1.82, 2.24) is 4.98 Å². The topological polar surface area (TPSA) is 79.3 Å². The molecule has 6 heteroatoms. The molecule has 0 aliphatic rings. The number of carboxylic acids is 1. The zero-order chi connectivity index (χ0) is 13.7. The Balaban J connectivity index is 2.59. The van der Waals surface area contributed by atoms with Crippen LogP contribution in [-0.2, 0) is 9.59 Å². The molecule has 1 heterocycles. The average Bonchev–Trinajstić information content (AvgIpc) is 2.21. The number of aliphatic carboxylic acids is 1. The predicted molar refractivity (Wildman–Crippen MR) is 68.6 cm³/mol. The third-order valence-corrected chi connectivity index (χ3v) is 2.61. The minimum atomic E-state index is -0.912. The molecule has 0 aliphatic heterocycles.